The molecule has 5 heteroatoms. The van der Waals surface area contributed by atoms with Crippen molar-refractivity contribution in [2.45, 2.75) is 50.7 Å². The molecule has 1 atom stereocenters. The summed E-state index contributed by atoms with van der Waals surface area (Å²) in [5.74, 6) is 0.142. The van der Waals surface area contributed by atoms with E-state index in [1.807, 2.05) is 4.90 Å². The van der Waals surface area contributed by atoms with E-state index in [1.165, 1.54) is 0 Å². The number of hydrogen-bond donors (Lipinski definition) is 1. The number of amides is 1. The van der Waals surface area contributed by atoms with Gasteiger partial charge in [0.05, 0.1) is 4.99 Å². The van der Waals surface area contributed by atoms with Gasteiger partial charge in [-0.1, -0.05) is 12.2 Å². The maximum Gasteiger partial charge on any atom is 0.251 e. The Labute approximate surface area is 107 Å². The normalized spacial score (nSPS) is 24.4. The first-order valence-corrected chi connectivity index (χ1v) is 6.79. The molecule has 4 nitrogen and oxygen atoms in total. The van der Waals surface area contributed by atoms with Crippen LogP contribution < -0.4 is 5.73 Å². The first kappa shape index (κ1) is 12.8. The van der Waals surface area contributed by atoms with E-state index in [9.17, 15) is 4.79 Å². The van der Waals surface area contributed by atoms with Crippen molar-refractivity contribution in [2.75, 3.05) is 13.2 Å². The van der Waals surface area contributed by atoms with Crippen LogP contribution in [0, 0.1) is 0 Å². The van der Waals surface area contributed by atoms with Crippen molar-refractivity contribution in [1.29, 1.82) is 0 Å². The summed E-state index contributed by atoms with van der Waals surface area (Å²) < 4.78 is 5.55. The number of hydrogen-bond acceptors (Lipinski definition) is 3. The highest BCUT2D eigenvalue weighted by Gasteiger charge is 2.36. The summed E-state index contributed by atoms with van der Waals surface area (Å²) in [5.41, 5.74) is 5.50. The van der Waals surface area contributed by atoms with Crippen LogP contribution in [-0.2, 0) is 9.53 Å². The van der Waals surface area contributed by atoms with E-state index in [0.717, 1.165) is 32.1 Å². The topological polar surface area (TPSA) is 55.6 Å². The van der Waals surface area contributed by atoms with Gasteiger partial charge < -0.3 is 15.4 Å². The number of carbonyl (C=O) groups is 1. The van der Waals surface area contributed by atoms with Gasteiger partial charge in [0.2, 0.25) is 0 Å². The molecule has 0 bridgehead atoms. The molecule has 2 N–H and O–H groups in total. The van der Waals surface area contributed by atoms with E-state index in [1.54, 1.807) is 0 Å². The Morgan fingerprint density at radius 1 is 1.35 bits per heavy atom. The van der Waals surface area contributed by atoms with Crippen LogP contribution in [0.1, 0.15) is 38.5 Å². The minimum Gasteiger partial charge on any atom is -0.393 e. The summed E-state index contributed by atoms with van der Waals surface area (Å²) in [7, 11) is 0. The highest BCUT2D eigenvalue weighted by Crippen LogP contribution is 2.29. The van der Waals surface area contributed by atoms with Gasteiger partial charge in [-0.3, -0.25) is 4.79 Å². The van der Waals surface area contributed by atoms with Crippen LogP contribution in [0.25, 0.3) is 0 Å². The van der Waals surface area contributed by atoms with Crippen LogP contribution in [0.5, 0.6) is 0 Å². The van der Waals surface area contributed by atoms with Crippen molar-refractivity contribution in [3.05, 3.63) is 0 Å². The fraction of sp³-hybridized carbons (Fsp3) is 0.833. The Morgan fingerprint density at radius 2 is 2.12 bits per heavy atom. The maximum atomic E-state index is 12.3. The molecule has 2 aliphatic rings. The number of thiocarbonyl (C=S) groups is 1. The molecule has 1 aliphatic heterocycles. The molecule has 1 unspecified atom stereocenters. The highest BCUT2D eigenvalue weighted by atomic mass is 32.1. The minimum absolute atomic E-state index is 0.142. The lowest BCUT2D eigenvalue weighted by Gasteiger charge is -2.29. The van der Waals surface area contributed by atoms with Crippen LogP contribution >= 0.6 is 12.2 Å². The minimum atomic E-state index is -0.226. The molecule has 1 aliphatic carbocycles. The van der Waals surface area contributed by atoms with Crippen molar-refractivity contribution < 1.29 is 9.53 Å². The molecular formula is C12H20N2O2S. The smallest absolute Gasteiger partial charge is 0.251 e. The van der Waals surface area contributed by atoms with Crippen LogP contribution in [0.4, 0.5) is 0 Å². The molecular weight excluding hydrogens is 236 g/mol. The Kier molecular flexibility index (Phi) is 4.34. The van der Waals surface area contributed by atoms with Gasteiger partial charge in [0.25, 0.3) is 5.91 Å². The molecule has 0 aromatic rings. The zero-order valence-electron chi connectivity index (χ0n) is 10.1. The average molecular weight is 256 g/mol. The second kappa shape index (κ2) is 5.78. The van der Waals surface area contributed by atoms with Crippen LogP contribution in [0.2, 0.25) is 0 Å². The van der Waals surface area contributed by atoms with Crippen LogP contribution in [0.15, 0.2) is 0 Å². The second-order valence-electron chi connectivity index (χ2n) is 4.83. The molecule has 0 spiro atoms. The van der Waals surface area contributed by atoms with E-state index in [4.69, 9.17) is 22.7 Å². The zero-order chi connectivity index (χ0) is 12.3. The number of nitrogens with two attached hydrogens (primary N) is 1. The lowest BCUT2D eigenvalue weighted by atomic mass is 10.1. The number of ether oxygens (including phenoxy) is 1. The van der Waals surface area contributed by atoms with E-state index in [0.29, 0.717) is 30.6 Å². The molecule has 1 amide bonds. The quantitative estimate of drug-likeness (QED) is 0.752. The van der Waals surface area contributed by atoms with Gasteiger partial charge in [-0.05, 0) is 32.1 Å². The molecule has 96 valence electrons. The van der Waals surface area contributed by atoms with Gasteiger partial charge >= 0.3 is 0 Å². The Bertz CT molecular complexity index is 299. The predicted octanol–water partition coefficient (Wildman–Crippen LogP) is 1.22. The van der Waals surface area contributed by atoms with Gasteiger partial charge in [0.15, 0.2) is 0 Å². The first-order chi connectivity index (χ1) is 8.18. The van der Waals surface area contributed by atoms with E-state index >= 15 is 0 Å². The van der Waals surface area contributed by atoms with Gasteiger partial charge in [0.1, 0.15) is 6.10 Å². The molecule has 0 aromatic heterocycles. The average Bonchev–Trinajstić information content (AvgIpc) is 3.14. The SMILES string of the molecule is NC(=S)CCN(C(=O)C1CCCCO1)C1CC1. The first-order valence-electron chi connectivity index (χ1n) is 6.39. The second-order valence-corrected chi connectivity index (χ2v) is 5.36. The third-order valence-electron chi connectivity index (χ3n) is 3.32. The summed E-state index contributed by atoms with van der Waals surface area (Å²) in [4.78, 5) is 14.7. The fourth-order valence-corrected chi connectivity index (χ4v) is 2.30. The van der Waals surface area contributed by atoms with Crippen molar-refractivity contribution in [3.63, 3.8) is 0 Å². The summed E-state index contributed by atoms with van der Waals surface area (Å²) >= 11 is 4.87. The Balaban J connectivity index is 1.89. The fourth-order valence-electron chi connectivity index (χ4n) is 2.21. The summed E-state index contributed by atoms with van der Waals surface area (Å²) in [5, 5.41) is 0. The summed E-state index contributed by atoms with van der Waals surface area (Å²) in [6.07, 6.45) is 5.62. The molecule has 1 saturated carbocycles. The van der Waals surface area contributed by atoms with Gasteiger partial charge in [-0.2, -0.15) is 0 Å². The van der Waals surface area contributed by atoms with Gasteiger partial charge in [0, 0.05) is 25.6 Å². The number of rotatable bonds is 5. The molecule has 1 heterocycles. The standard InChI is InChI=1S/C12H20N2O2S/c13-11(17)6-7-14(9-4-5-9)12(15)10-3-1-2-8-16-10/h9-10H,1-8H2,(H2,13,17). The molecule has 0 aromatic carbocycles. The van der Waals surface area contributed by atoms with Crippen molar-refractivity contribution in [2.24, 2.45) is 5.73 Å². The third kappa shape index (κ3) is 3.64. The highest BCUT2D eigenvalue weighted by molar-refractivity contribution is 7.80. The van der Waals surface area contributed by atoms with E-state index < -0.39 is 0 Å². The molecule has 2 rings (SSSR count). The molecule has 0 radical (unpaired) electrons. The van der Waals surface area contributed by atoms with E-state index in [-0.39, 0.29) is 12.0 Å². The third-order valence-corrected chi connectivity index (χ3v) is 3.53. The number of nitrogens with zero attached hydrogens (tertiary/aromatic N) is 1. The Hall–Kier alpha value is -0.680. The Morgan fingerprint density at radius 3 is 2.65 bits per heavy atom. The zero-order valence-corrected chi connectivity index (χ0v) is 10.9. The van der Waals surface area contributed by atoms with Crippen molar-refractivity contribution in [1.82, 2.24) is 4.90 Å². The monoisotopic (exact) mass is 256 g/mol. The van der Waals surface area contributed by atoms with Crippen LogP contribution in [-0.4, -0.2) is 41.1 Å². The van der Waals surface area contributed by atoms with Gasteiger partial charge in [-0.25, -0.2) is 0 Å². The van der Waals surface area contributed by atoms with Crippen molar-refractivity contribution >= 4 is 23.1 Å². The van der Waals surface area contributed by atoms with E-state index in [2.05, 4.69) is 0 Å². The van der Waals surface area contributed by atoms with Gasteiger partial charge in [-0.15, -0.1) is 0 Å². The molecule has 17 heavy (non-hydrogen) atoms. The van der Waals surface area contributed by atoms with Crippen LogP contribution in [0.3, 0.4) is 0 Å². The predicted molar refractivity (Wildman–Crippen MR) is 69.7 cm³/mol. The molecule has 1 saturated heterocycles. The molecule has 2 fully saturated rings. The largest absolute Gasteiger partial charge is 0.393 e. The van der Waals surface area contributed by atoms with Crippen molar-refractivity contribution in [3.8, 4) is 0 Å². The lowest BCUT2D eigenvalue weighted by molar-refractivity contribution is -0.147. The summed E-state index contributed by atoms with van der Waals surface area (Å²) in [6, 6.07) is 0.405. The summed E-state index contributed by atoms with van der Waals surface area (Å²) in [6.45, 7) is 1.36. The maximum absolute atomic E-state index is 12.3. The number of carbonyl (C=O) groups excluding carboxylic acids is 1. The lowest BCUT2D eigenvalue weighted by Crippen LogP contribution is -2.44.